The molecule has 3 rings (SSSR count). The standard InChI is InChI=1S/C23H43N3O3/c1-21(2)17-19(25(4)5)23(9-8-22(3,28)16-18(21)23)7-6-20(27)24-10-11-26-12-14-29-15-13-26/h18-19,28H,6-17H2,1-5H3,(H,24,27). The number of rotatable bonds is 7. The van der Waals surface area contributed by atoms with Gasteiger partial charge >= 0.3 is 0 Å². The number of nitrogens with one attached hydrogen (secondary N) is 1. The van der Waals surface area contributed by atoms with Gasteiger partial charge in [0.05, 0.1) is 18.8 Å². The lowest BCUT2D eigenvalue weighted by Gasteiger charge is -2.51. The highest BCUT2D eigenvalue weighted by Crippen LogP contribution is 2.64. The molecule has 0 radical (unpaired) electrons. The Morgan fingerprint density at radius 3 is 2.52 bits per heavy atom. The first kappa shape index (κ1) is 23.0. The second kappa shape index (κ2) is 8.81. The van der Waals surface area contributed by atoms with Crippen molar-refractivity contribution in [3.05, 3.63) is 0 Å². The van der Waals surface area contributed by atoms with Crippen molar-refractivity contribution in [1.82, 2.24) is 15.1 Å². The Bertz CT molecular complexity index is 572. The summed E-state index contributed by atoms with van der Waals surface area (Å²) < 4.78 is 5.38. The predicted octanol–water partition coefficient (Wildman–Crippen LogP) is 2.11. The highest BCUT2D eigenvalue weighted by Gasteiger charge is 2.61. The molecule has 1 amide bonds. The summed E-state index contributed by atoms with van der Waals surface area (Å²) in [4.78, 5) is 17.4. The number of ether oxygens (including phenoxy) is 1. The second-order valence-electron chi connectivity index (χ2n) is 11.0. The number of morpholine rings is 1. The van der Waals surface area contributed by atoms with Gasteiger partial charge in [0.25, 0.3) is 0 Å². The number of nitrogens with zero attached hydrogens (tertiary/aromatic N) is 2. The van der Waals surface area contributed by atoms with Gasteiger partial charge in [-0.3, -0.25) is 9.69 Å². The number of amides is 1. The Labute approximate surface area is 177 Å². The van der Waals surface area contributed by atoms with E-state index in [1.54, 1.807) is 0 Å². The van der Waals surface area contributed by atoms with Crippen molar-refractivity contribution in [2.45, 2.75) is 70.9 Å². The monoisotopic (exact) mass is 409 g/mol. The lowest BCUT2D eigenvalue weighted by atomic mass is 9.57. The van der Waals surface area contributed by atoms with Crippen molar-refractivity contribution in [1.29, 1.82) is 0 Å². The Balaban J connectivity index is 1.60. The summed E-state index contributed by atoms with van der Waals surface area (Å²) in [6.45, 7) is 11.8. The summed E-state index contributed by atoms with van der Waals surface area (Å²) in [7, 11) is 4.36. The molecule has 0 aromatic rings. The summed E-state index contributed by atoms with van der Waals surface area (Å²) in [6.07, 6.45) is 5.34. The SMILES string of the molecule is CN(C)C1CC(C)(C)C2CC(C)(O)CCC12CCC(=O)NCCN1CCOCC1. The van der Waals surface area contributed by atoms with Crippen molar-refractivity contribution < 1.29 is 14.6 Å². The maximum Gasteiger partial charge on any atom is 0.220 e. The fourth-order valence-electron chi connectivity index (χ4n) is 6.49. The van der Waals surface area contributed by atoms with Crippen LogP contribution in [0.3, 0.4) is 0 Å². The molecule has 168 valence electrons. The first-order valence-corrected chi connectivity index (χ1v) is 11.5. The van der Waals surface area contributed by atoms with Crippen molar-refractivity contribution in [3.63, 3.8) is 0 Å². The lowest BCUT2D eigenvalue weighted by molar-refractivity contribution is -0.124. The minimum absolute atomic E-state index is 0.122. The molecular formula is C23H43N3O3. The number of hydrogen-bond donors (Lipinski definition) is 2. The fraction of sp³-hybridized carbons (Fsp3) is 0.957. The second-order valence-corrected chi connectivity index (χ2v) is 11.0. The molecule has 4 unspecified atom stereocenters. The lowest BCUT2D eigenvalue weighted by Crippen LogP contribution is -2.51. The molecule has 3 aliphatic rings. The van der Waals surface area contributed by atoms with Gasteiger partial charge in [0.15, 0.2) is 0 Å². The molecule has 6 nitrogen and oxygen atoms in total. The maximum atomic E-state index is 12.7. The summed E-state index contributed by atoms with van der Waals surface area (Å²) in [5, 5.41) is 13.9. The minimum Gasteiger partial charge on any atom is -0.390 e. The topological polar surface area (TPSA) is 65.0 Å². The Morgan fingerprint density at radius 1 is 1.17 bits per heavy atom. The quantitative estimate of drug-likeness (QED) is 0.674. The van der Waals surface area contributed by atoms with E-state index >= 15 is 0 Å². The van der Waals surface area contributed by atoms with Crippen LogP contribution in [0.5, 0.6) is 0 Å². The van der Waals surface area contributed by atoms with Gasteiger partial charge in [-0.15, -0.1) is 0 Å². The Morgan fingerprint density at radius 2 is 1.86 bits per heavy atom. The van der Waals surface area contributed by atoms with Gasteiger partial charge in [-0.1, -0.05) is 13.8 Å². The van der Waals surface area contributed by atoms with Crippen molar-refractivity contribution >= 4 is 5.91 Å². The maximum absolute atomic E-state index is 12.7. The molecule has 1 heterocycles. The summed E-state index contributed by atoms with van der Waals surface area (Å²) in [5.74, 6) is 0.623. The van der Waals surface area contributed by atoms with Crippen LogP contribution in [-0.2, 0) is 9.53 Å². The van der Waals surface area contributed by atoms with Gasteiger partial charge in [-0.2, -0.15) is 0 Å². The molecule has 29 heavy (non-hydrogen) atoms. The van der Waals surface area contributed by atoms with E-state index in [9.17, 15) is 9.90 Å². The minimum atomic E-state index is -0.576. The average molecular weight is 410 g/mol. The van der Waals surface area contributed by atoms with Crippen LogP contribution in [0.15, 0.2) is 0 Å². The first-order chi connectivity index (χ1) is 13.6. The van der Waals surface area contributed by atoms with Crippen LogP contribution in [0.25, 0.3) is 0 Å². The largest absolute Gasteiger partial charge is 0.390 e. The number of aliphatic hydroxyl groups is 1. The molecule has 0 aromatic heterocycles. The van der Waals surface area contributed by atoms with Crippen LogP contribution in [0.1, 0.15) is 59.3 Å². The molecule has 1 aliphatic heterocycles. The molecule has 3 fully saturated rings. The van der Waals surface area contributed by atoms with Gasteiger partial charge in [-0.25, -0.2) is 0 Å². The zero-order valence-electron chi connectivity index (χ0n) is 19.3. The van der Waals surface area contributed by atoms with E-state index in [0.717, 1.165) is 65.0 Å². The smallest absolute Gasteiger partial charge is 0.220 e. The molecule has 0 bridgehead atoms. The molecule has 0 spiro atoms. The fourth-order valence-corrected chi connectivity index (χ4v) is 6.49. The third kappa shape index (κ3) is 5.15. The van der Waals surface area contributed by atoms with E-state index in [-0.39, 0.29) is 16.7 Å². The number of hydrogen-bond acceptors (Lipinski definition) is 5. The molecule has 1 saturated heterocycles. The first-order valence-electron chi connectivity index (χ1n) is 11.5. The molecule has 2 N–H and O–H groups in total. The van der Waals surface area contributed by atoms with Gasteiger partial charge in [0.1, 0.15) is 0 Å². The van der Waals surface area contributed by atoms with Crippen LogP contribution in [0, 0.1) is 16.7 Å². The van der Waals surface area contributed by atoms with Crippen molar-refractivity contribution in [3.8, 4) is 0 Å². The van der Waals surface area contributed by atoms with Crippen LogP contribution >= 0.6 is 0 Å². The van der Waals surface area contributed by atoms with E-state index in [4.69, 9.17) is 4.74 Å². The molecule has 4 atom stereocenters. The van der Waals surface area contributed by atoms with Crippen LogP contribution in [0.4, 0.5) is 0 Å². The normalized spacial score (nSPS) is 37.5. The van der Waals surface area contributed by atoms with E-state index < -0.39 is 5.60 Å². The van der Waals surface area contributed by atoms with Crippen molar-refractivity contribution in [2.24, 2.45) is 16.7 Å². The molecule has 2 saturated carbocycles. The third-order valence-corrected chi connectivity index (χ3v) is 8.09. The van der Waals surface area contributed by atoms with Gasteiger partial charge in [0.2, 0.25) is 5.91 Å². The van der Waals surface area contributed by atoms with Crippen LogP contribution in [-0.4, -0.2) is 85.9 Å². The van der Waals surface area contributed by atoms with Crippen molar-refractivity contribution in [2.75, 3.05) is 53.5 Å². The average Bonchev–Trinajstić information content (AvgIpc) is 2.88. The summed E-state index contributed by atoms with van der Waals surface area (Å²) in [6, 6.07) is 0.472. The number of carbonyl (C=O) groups is 1. The van der Waals surface area contributed by atoms with Crippen LogP contribution < -0.4 is 5.32 Å². The number of fused-ring (bicyclic) bond motifs is 1. The zero-order valence-corrected chi connectivity index (χ0v) is 19.3. The molecular weight excluding hydrogens is 366 g/mol. The van der Waals surface area contributed by atoms with E-state index in [2.05, 4.69) is 43.1 Å². The highest BCUT2D eigenvalue weighted by molar-refractivity contribution is 5.75. The van der Waals surface area contributed by atoms with Gasteiger partial charge < -0.3 is 20.1 Å². The predicted molar refractivity (Wildman–Crippen MR) is 116 cm³/mol. The molecule has 2 aliphatic carbocycles. The molecule has 6 heteroatoms. The van der Waals surface area contributed by atoms with E-state index in [0.29, 0.717) is 24.9 Å². The van der Waals surface area contributed by atoms with E-state index in [1.807, 2.05) is 6.92 Å². The molecule has 0 aromatic carbocycles. The number of carbonyl (C=O) groups excluding carboxylic acids is 1. The van der Waals surface area contributed by atoms with E-state index in [1.165, 1.54) is 0 Å². The van der Waals surface area contributed by atoms with Gasteiger partial charge in [-0.05, 0) is 69.9 Å². The summed E-state index contributed by atoms with van der Waals surface area (Å²) >= 11 is 0. The Kier molecular flexibility index (Phi) is 6.99. The van der Waals surface area contributed by atoms with Gasteiger partial charge in [0, 0.05) is 38.6 Å². The zero-order chi connectivity index (χ0) is 21.3. The van der Waals surface area contributed by atoms with Crippen LogP contribution in [0.2, 0.25) is 0 Å². The highest BCUT2D eigenvalue weighted by atomic mass is 16.5. The summed E-state index contributed by atoms with van der Waals surface area (Å²) in [5.41, 5.74) is -0.268. The Hall–Kier alpha value is -0.690. The third-order valence-electron chi connectivity index (χ3n) is 8.09.